The van der Waals surface area contributed by atoms with Gasteiger partial charge in [-0.1, -0.05) is 24.3 Å². The number of nitrogens with one attached hydrogen (secondary N) is 1. The molecule has 0 aliphatic carbocycles. The van der Waals surface area contributed by atoms with E-state index in [9.17, 15) is 0 Å². The molecule has 0 radical (unpaired) electrons. The third kappa shape index (κ3) is 1.42. The van der Waals surface area contributed by atoms with E-state index in [1.165, 1.54) is 5.69 Å². The van der Waals surface area contributed by atoms with Crippen molar-refractivity contribution in [3.05, 3.63) is 42.6 Å². The van der Waals surface area contributed by atoms with Gasteiger partial charge in [0.1, 0.15) is 0 Å². The van der Waals surface area contributed by atoms with E-state index in [1.54, 1.807) is 0 Å². The number of anilines is 1. The van der Waals surface area contributed by atoms with Gasteiger partial charge in [0.05, 0.1) is 5.69 Å². The highest BCUT2D eigenvalue weighted by Gasteiger charge is 2.04. The lowest BCUT2D eigenvalue weighted by atomic mass is 10.3. The van der Waals surface area contributed by atoms with E-state index in [1.807, 2.05) is 12.3 Å². The summed E-state index contributed by atoms with van der Waals surface area (Å²) in [6.07, 6.45) is 5.23. The lowest BCUT2D eigenvalue weighted by Crippen LogP contribution is -2.37. The van der Waals surface area contributed by atoms with E-state index in [-0.39, 0.29) is 0 Å². The Morgan fingerprint density at radius 3 is 2.67 bits per heavy atom. The van der Waals surface area contributed by atoms with Crippen LogP contribution in [-0.4, -0.2) is 6.54 Å². The molecule has 0 atom stereocenters. The van der Waals surface area contributed by atoms with Gasteiger partial charge in [0.2, 0.25) is 0 Å². The maximum atomic E-state index is 3.19. The Labute approximate surface area is 72.5 Å². The van der Waals surface area contributed by atoms with Crippen molar-refractivity contribution in [2.75, 3.05) is 11.6 Å². The number of para-hydroxylation sites is 1. The second-order valence-electron chi connectivity index (χ2n) is 2.81. The predicted octanol–water partition coefficient (Wildman–Crippen LogP) is 1.92. The Morgan fingerprint density at radius 2 is 2.00 bits per heavy atom. The van der Waals surface area contributed by atoms with Crippen molar-refractivity contribution in [2.24, 2.45) is 0 Å². The molecule has 0 aromatic heterocycles. The average Bonchev–Trinajstić information content (AvgIpc) is 2.21. The van der Waals surface area contributed by atoms with Crippen LogP contribution in [0.1, 0.15) is 6.42 Å². The lowest BCUT2D eigenvalue weighted by molar-refractivity contribution is 0.702. The number of hydrogen-bond donors (Lipinski definition) is 1. The summed E-state index contributed by atoms with van der Waals surface area (Å²) in [5.74, 6) is 0. The highest BCUT2D eigenvalue weighted by atomic mass is 15.5. The van der Waals surface area contributed by atoms with Gasteiger partial charge < -0.3 is 5.43 Å². The maximum absolute atomic E-state index is 3.19. The fourth-order valence-electron chi connectivity index (χ4n) is 1.31. The van der Waals surface area contributed by atoms with Gasteiger partial charge in [-0.25, -0.2) is 0 Å². The van der Waals surface area contributed by atoms with Crippen LogP contribution >= 0.6 is 0 Å². The summed E-state index contributed by atoms with van der Waals surface area (Å²) in [7, 11) is 0. The summed E-state index contributed by atoms with van der Waals surface area (Å²) >= 11 is 0. The summed E-state index contributed by atoms with van der Waals surface area (Å²) in [6.45, 7) is 1.04. The average molecular weight is 160 g/mol. The minimum absolute atomic E-state index is 1.04. The highest BCUT2D eigenvalue weighted by Crippen LogP contribution is 2.12. The van der Waals surface area contributed by atoms with Gasteiger partial charge in [0.25, 0.3) is 0 Å². The molecule has 62 valence electrons. The van der Waals surface area contributed by atoms with Crippen molar-refractivity contribution >= 4 is 5.69 Å². The van der Waals surface area contributed by atoms with Crippen LogP contribution in [0.5, 0.6) is 0 Å². The third-order valence-electron chi connectivity index (χ3n) is 1.94. The molecule has 0 saturated carbocycles. The third-order valence-corrected chi connectivity index (χ3v) is 1.94. The van der Waals surface area contributed by atoms with E-state index in [4.69, 9.17) is 0 Å². The van der Waals surface area contributed by atoms with Crippen LogP contribution in [0.25, 0.3) is 0 Å². The SMILES string of the molecule is C1=CNN(c2ccccc2)CC1. The van der Waals surface area contributed by atoms with Crippen molar-refractivity contribution in [2.45, 2.75) is 6.42 Å². The van der Waals surface area contributed by atoms with Gasteiger partial charge in [-0.05, 0) is 18.6 Å². The molecule has 1 aromatic rings. The van der Waals surface area contributed by atoms with Crippen molar-refractivity contribution in [1.82, 2.24) is 5.43 Å². The first-order valence-electron chi connectivity index (χ1n) is 4.20. The van der Waals surface area contributed by atoms with Crippen LogP contribution in [0.4, 0.5) is 5.69 Å². The molecule has 1 N–H and O–H groups in total. The van der Waals surface area contributed by atoms with Crippen molar-refractivity contribution in [3.63, 3.8) is 0 Å². The molecule has 2 rings (SSSR count). The number of hydrazine groups is 1. The lowest BCUT2D eigenvalue weighted by Gasteiger charge is -2.26. The predicted molar refractivity (Wildman–Crippen MR) is 50.7 cm³/mol. The van der Waals surface area contributed by atoms with E-state index in [2.05, 4.69) is 40.8 Å². The minimum atomic E-state index is 1.04. The second-order valence-corrected chi connectivity index (χ2v) is 2.81. The molecule has 2 heteroatoms. The molecular formula is C10H12N2. The summed E-state index contributed by atoms with van der Waals surface area (Å²) < 4.78 is 0. The van der Waals surface area contributed by atoms with Crippen LogP contribution < -0.4 is 10.4 Å². The molecule has 0 saturated heterocycles. The molecule has 1 heterocycles. The molecule has 0 fully saturated rings. The Hall–Kier alpha value is -1.44. The molecule has 12 heavy (non-hydrogen) atoms. The van der Waals surface area contributed by atoms with E-state index in [0.29, 0.717) is 0 Å². The van der Waals surface area contributed by atoms with Gasteiger partial charge >= 0.3 is 0 Å². The van der Waals surface area contributed by atoms with E-state index < -0.39 is 0 Å². The van der Waals surface area contributed by atoms with Crippen LogP contribution in [0.3, 0.4) is 0 Å². The quantitative estimate of drug-likeness (QED) is 0.675. The first kappa shape index (κ1) is 7.22. The second kappa shape index (κ2) is 3.30. The van der Waals surface area contributed by atoms with Crippen LogP contribution in [0, 0.1) is 0 Å². The minimum Gasteiger partial charge on any atom is -0.306 e. The summed E-state index contributed by atoms with van der Waals surface area (Å²) in [5, 5.41) is 2.14. The van der Waals surface area contributed by atoms with Crippen LogP contribution in [0.15, 0.2) is 42.6 Å². The van der Waals surface area contributed by atoms with Gasteiger partial charge in [-0.2, -0.15) is 0 Å². The van der Waals surface area contributed by atoms with E-state index >= 15 is 0 Å². The standard InChI is InChI=1S/C10H12N2/c1-2-6-10(7-3-1)12-9-5-4-8-11-12/h1-4,6-8,11H,5,9H2. The topological polar surface area (TPSA) is 15.3 Å². The van der Waals surface area contributed by atoms with E-state index in [0.717, 1.165) is 13.0 Å². The van der Waals surface area contributed by atoms with Crippen LogP contribution in [0.2, 0.25) is 0 Å². The summed E-state index contributed by atoms with van der Waals surface area (Å²) in [4.78, 5) is 0. The molecule has 1 aromatic carbocycles. The smallest absolute Gasteiger partial charge is 0.0571 e. The Bertz CT molecular complexity index is 266. The fraction of sp³-hybridized carbons (Fsp3) is 0.200. The van der Waals surface area contributed by atoms with Crippen molar-refractivity contribution in [1.29, 1.82) is 0 Å². The first-order chi connectivity index (χ1) is 5.97. The van der Waals surface area contributed by atoms with Crippen molar-refractivity contribution in [3.8, 4) is 0 Å². The molecule has 0 unspecified atom stereocenters. The molecule has 0 amide bonds. The monoisotopic (exact) mass is 160 g/mol. The number of nitrogens with zero attached hydrogens (tertiary/aromatic N) is 1. The maximum Gasteiger partial charge on any atom is 0.0571 e. The first-order valence-corrected chi connectivity index (χ1v) is 4.20. The molecule has 0 bridgehead atoms. The number of hydrogen-bond acceptors (Lipinski definition) is 2. The summed E-state index contributed by atoms with van der Waals surface area (Å²) in [5.41, 5.74) is 4.41. The van der Waals surface area contributed by atoms with Crippen molar-refractivity contribution < 1.29 is 0 Å². The van der Waals surface area contributed by atoms with Gasteiger partial charge in [-0.15, -0.1) is 0 Å². The largest absolute Gasteiger partial charge is 0.306 e. The molecular weight excluding hydrogens is 148 g/mol. The Balaban J connectivity index is 2.15. The number of rotatable bonds is 1. The molecule has 1 aliphatic heterocycles. The van der Waals surface area contributed by atoms with Gasteiger partial charge in [0.15, 0.2) is 0 Å². The molecule has 1 aliphatic rings. The van der Waals surface area contributed by atoms with Gasteiger partial charge in [-0.3, -0.25) is 5.01 Å². The number of benzene rings is 1. The Morgan fingerprint density at radius 1 is 1.17 bits per heavy atom. The van der Waals surface area contributed by atoms with Gasteiger partial charge in [0, 0.05) is 12.7 Å². The zero-order chi connectivity index (χ0) is 8.23. The normalized spacial score (nSPS) is 15.8. The zero-order valence-corrected chi connectivity index (χ0v) is 6.90. The Kier molecular flexibility index (Phi) is 1.99. The molecule has 2 nitrogen and oxygen atoms in total. The van der Waals surface area contributed by atoms with Crippen LogP contribution in [-0.2, 0) is 0 Å². The summed E-state index contributed by atoms with van der Waals surface area (Å²) in [6, 6.07) is 10.3. The zero-order valence-electron chi connectivity index (χ0n) is 6.90. The highest BCUT2D eigenvalue weighted by molar-refractivity contribution is 5.45. The molecule has 0 spiro atoms. The fourth-order valence-corrected chi connectivity index (χ4v) is 1.31.